The Hall–Kier alpha value is -1.62. The molecule has 3 N–H and O–H groups in total. The van der Waals surface area contributed by atoms with Gasteiger partial charge < -0.3 is 16.0 Å². The number of carbonyl (C=O) groups is 1. The number of hydrogen-bond acceptors (Lipinski definition) is 4. The van der Waals surface area contributed by atoms with Crippen molar-refractivity contribution in [3.05, 3.63) is 23.9 Å². The number of rotatable bonds is 4. The van der Waals surface area contributed by atoms with Crippen LogP contribution in [0.3, 0.4) is 0 Å². The molecular weight excluding hydrogens is 228 g/mol. The Morgan fingerprint density at radius 2 is 2.22 bits per heavy atom. The molecule has 0 bridgehead atoms. The lowest BCUT2D eigenvalue weighted by atomic mass is 9.97. The minimum Gasteiger partial charge on any atom is -0.370 e. The monoisotopic (exact) mass is 248 g/mol. The lowest BCUT2D eigenvalue weighted by Gasteiger charge is -2.29. The fourth-order valence-corrected chi connectivity index (χ4v) is 2.16. The fraction of sp³-hybridized carbons (Fsp3) is 0.538. The third-order valence-corrected chi connectivity index (χ3v) is 3.46. The maximum atomic E-state index is 10.9. The number of amides is 1. The molecule has 1 saturated heterocycles. The van der Waals surface area contributed by atoms with Crippen molar-refractivity contribution < 1.29 is 4.79 Å². The van der Waals surface area contributed by atoms with E-state index in [0.29, 0.717) is 11.5 Å². The Morgan fingerprint density at radius 1 is 1.50 bits per heavy atom. The van der Waals surface area contributed by atoms with Crippen LogP contribution in [0.15, 0.2) is 18.3 Å². The van der Waals surface area contributed by atoms with Crippen molar-refractivity contribution in [1.82, 2.24) is 9.88 Å². The van der Waals surface area contributed by atoms with Crippen LogP contribution >= 0.6 is 0 Å². The molecular formula is C13H20N4O. The van der Waals surface area contributed by atoms with Crippen molar-refractivity contribution in [2.24, 2.45) is 11.7 Å². The molecule has 5 nitrogen and oxygen atoms in total. The first-order valence-corrected chi connectivity index (χ1v) is 6.33. The summed E-state index contributed by atoms with van der Waals surface area (Å²) in [7, 11) is 2.16. The number of nitrogens with two attached hydrogens (primary N) is 1. The van der Waals surface area contributed by atoms with E-state index in [9.17, 15) is 4.79 Å². The summed E-state index contributed by atoms with van der Waals surface area (Å²) in [6.07, 6.45) is 3.96. The molecule has 2 heterocycles. The van der Waals surface area contributed by atoms with E-state index in [4.69, 9.17) is 5.73 Å². The van der Waals surface area contributed by atoms with Crippen molar-refractivity contribution in [3.8, 4) is 0 Å². The van der Waals surface area contributed by atoms with Crippen LogP contribution < -0.4 is 11.1 Å². The Balaban J connectivity index is 1.81. The molecule has 2 rings (SSSR count). The molecule has 0 aromatic carbocycles. The highest BCUT2D eigenvalue weighted by Crippen LogP contribution is 2.16. The summed E-state index contributed by atoms with van der Waals surface area (Å²) < 4.78 is 0. The second kappa shape index (κ2) is 5.82. The lowest BCUT2D eigenvalue weighted by Crippen LogP contribution is -2.33. The van der Waals surface area contributed by atoms with Gasteiger partial charge >= 0.3 is 0 Å². The van der Waals surface area contributed by atoms with Gasteiger partial charge in [-0.05, 0) is 51.0 Å². The van der Waals surface area contributed by atoms with E-state index in [2.05, 4.69) is 22.2 Å². The summed E-state index contributed by atoms with van der Waals surface area (Å²) in [5.74, 6) is 1.07. The van der Waals surface area contributed by atoms with Gasteiger partial charge in [0.1, 0.15) is 5.82 Å². The first kappa shape index (κ1) is 12.8. The van der Waals surface area contributed by atoms with E-state index in [1.807, 2.05) is 0 Å². The maximum absolute atomic E-state index is 10.9. The van der Waals surface area contributed by atoms with Gasteiger partial charge in [-0.3, -0.25) is 4.79 Å². The SMILES string of the molecule is CN1CCC(CNc2ccc(C(N)=O)cn2)CC1. The van der Waals surface area contributed by atoms with Crippen LogP contribution in [0.2, 0.25) is 0 Å². The van der Waals surface area contributed by atoms with Gasteiger partial charge in [-0.15, -0.1) is 0 Å². The van der Waals surface area contributed by atoms with Gasteiger partial charge in [-0.2, -0.15) is 0 Å². The van der Waals surface area contributed by atoms with Gasteiger partial charge in [0.05, 0.1) is 5.56 Å². The molecule has 0 radical (unpaired) electrons. The predicted octanol–water partition coefficient (Wildman–Crippen LogP) is 0.934. The van der Waals surface area contributed by atoms with Crippen LogP contribution in [-0.4, -0.2) is 42.5 Å². The number of carbonyl (C=O) groups excluding carboxylic acids is 1. The molecule has 98 valence electrons. The highest BCUT2D eigenvalue weighted by molar-refractivity contribution is 5.92. The minimum atomic E-state index is -0.440. The van der Waals surface area contributed by atoms with Crippen molar-refractivity contribution in [3.63, 3.8) is 0 Å². The number of nitrogens with one attached hydrogen (secondary N) is 1. The molecule has 1 amide bonds. The third kappa shape index (κ3) is 3.43. The molecule has 0 saturated carbocycles. The normalized spacial score (nSPS) is 17.6. The molecule has 1 aromatic rings. The number of pyridine rings is 1. The number of anilines is 1. The molecule has 1 aromatic heterocycles. The summed E-state index contributed by atoms with van der Waals surface area (Å²) in [5, 5.41) is 3.31. The smallest absolute Gasteiger partial charge is 0.250 e. The molecule has 5 heteroatoms. The highest BCUT2D eigenvalue weighted by atomic mass is 16.1. The molecule has 0 atom stereocenters. The number of aromatic nitrogens is 1. The standard InChI is InChI=1S/C13H20N4O/c1-17-6-4-10(5-7-17)8-15-12-3-2-11(9-16-12)13(14)18/h2-3,9-10H,4-8H2,1H3,(H2,14,18)(H,15,16). The van der Waals surface area contributed by atoms with Crippen molar-refractivity contribution in [2.75, 3.05) is 32.0 Å². The van der Waals surface area contributed by atoms with Crippen LogP contribution in [0.25, 0.3) is 0 Å². The van der Waals surface area contributed by atoms with Gasteiger partial charge in [0.25, 0.3) is 0 Å². The van der Waals surface area contributed by atoms with Gasteiger partial charge in [0.2, 0.25) is 5.91 Å². The van der Waals surface area contributed by atoms with Crippen molar-refractivity contribution >= 4 is 11.7 Å². The maximum Gasteiger partial charge on any atom is 0.250 e. The van der Waals surface area contributed by atoms with Crippen LogP contribution in [0.1, 0.15) is 23.2 Å². The quantitative estimate of drug-likeness (QED) is 0.831. The largest absolute Gasteiger partial charge is 0.370 e. The van der Waals surface area contributed by atoms with Crippen molar-refractivity contribution in [1.29, 1.82) is 0 Å². The minimum absolute atomic E-state index is 0.440. The Morgan fingerprint density at radius 3 is 2.78 bits per heavy atom. The van der Waals surface area contributed by atoms with Gasteiger partial charge in [-0.1, -0.05) is 0 Å². The van der Waals surface area contributed by atoms with Crippen LogP contribution in [-0.2, 0) is 0 Å². The van der Waals surface area contributed by atoms with E-state index < -0.39 is 5.91 Å². The Labute approximate surface area is 107 Å². The zero-order valence-electron chi connectivity index (χ0n) is 10.7. The van der Waals surface area contributed by atoms with Crippen LogP contribution in [0, 0.1) is 5.92 Å². The van der Waals surface area contributed by atoms with E-state index >= 15 is 0 Å². The van der Waals surface area contributed by atoms with E-state index in [1.54, 1.807) is 12.1 Å². The van der Waals surface area contributed by atoms with E-state index in [1.165, 1.54) is 32.1 Å². The number of likely N-dealkylation sites (tertiary alicyclic amines) is 1. The topological polar surface area (TPSA) is 71.2 Å². The second-order valence-corrected chi connectivity index (χ2v) is 4.92. The average Bonchev–Trinajstić information content (AvgIpc) is 2.38. The van der Waals surface area contributed by atoms with Gasteiger partial charge in [0.15, 0.2) is 0 Å². The summed E-state index contributed by atoms with van der Waals surface area (Å²) in [6.45, 7) is 3.28. The van der Waals surface area contributed by atoms with Crippen molar-refractivity contribution in [2.45, 2.75) is 12.8 Å². The van der Waals surface area contributed by atoms with E-state index in [-0.39, 0.29) is 0 Å². The van der Waals surface area contributed by atoms with Crippen LogP contribution in [0.4, 0.5) is 5.82 Å². The van der Waals surface area contributed by atoms with Gasteiger partial charge in [0, 0.05) is 12.7 Å². The van der Waals surface area contributed by atoms with Crippen LogP contribution in [0.5, 0.6) is 0 Å². The Bertz CT molecular complexity index is 396. The van der Waals surface area contributed by atoms with Gasteiger partial charge in [-0.25, -0.2) is 4.98 Å². The highest BCUT2D eigenvalue weighted by Gasteiger charge is 2.16. The molecule has 0 aliphatic carbocycles. The second-order valence-electron chi connectivity index (χ2n) is 4.92. The third-order valence-electron chi connectivity index (χ3n) is 3.46. The number of piperidine rings is 1. The number of primary amides is 1. The molecule has 1 aliphatic heterocycles. The number of nitrogens with zero attached hydrogens (tertiary/aromatic N) is 2. The fourth-order valence-electron chi connectivity index (χ4n) is 2.16. The summed E-state index contributed by atoms with van der Waals surface area (Å²) in [6, 6.07) is 3.50. The summed E-state index contributed by atoms with van der Waals surface area (Å²) in [4.78, 5) is 17.4. The molecule has 1 aliphatic rings. The molecule has 18 heavy (non-hydrogen) atoms. The lowest BCUT2D eigenvalue weighted by molar-refractivity contribution is 0.1000. The predicted molar refractivity (Wildman–Crippen MR) is 71.5 cm³/mol. The average molecular weight is 248 g/mol. The molecule has 0 unspecified atom stereocenters. The summed E-state index contributed by atoms with van der Waals surface area (Å²) >= 11 is 0. The molecule has 0 spiro atoms. The zero-order valence-corrected chi connectivity index (χ0v) is 10.7. The van der Waals surface area contributed by atoms with E-state index in [0.717, 1.165) is 12.4 Å². The first-order valence-electron chi connectivity index (χ1n) is 6.33. The Kier molecular flexibility index (Phi) is 4.15. The molecule has 1 fully saturated rings. The number of hydrogen-bond donors (Lipinski definition) is 2. The first-order chi connectivity index (χ1) is 8.65. The summed E-state index contributed by atoms with van der Waals surface area (Å²) in [5.41, 5.74) is 5.61. The zero-order chi connectivity index (χ0) is 13.0.